The number of hydrogen-bond acceptors (Lipinski definition) is 7. The molecule has 0 radical (unpaired) electrons. The highest BCUT2D eigenvalue weighted by Gasteiger charge is 2.47. The highest BCUT2D eigenvalue weighted by molar-refractivity contribution is 8.13. The van der Waals surface area contributed by atoms with Gasteiger partial charge in [-0.25, -0.2) is 21.4 Å². The van der Waals surface area contributed by atoms with Crippen molar-refractivity contribution in [1.29, 1.82) is 0 Å². The zero-order valence-corrected chi connectivity index (χ0v) is 22.9. The van der Waals surface area contributed by atoms with Crippen molar-refractivity contribution in [3.63, 3.8) is 0 Å². The van der Waals surface area contributed by atoms with Crippen molar-refractivity contribution < 1.29 is 61.0 Å². The van der Waals surface area contributed by atoms with E-state index in [4.69, 9.17) is 13.3 Å². The van der Waals surface area contributed by atoms with E-state index in [-0.39, 0.29) is 0 Å². The molecule has 0 saturated heterocycles. The molecule has 18 heteroatoms. The molecule has 0 bridgehead atoms. The largest absolute Gasteiger partial charge is 0.500 e. The number of alkyl halides is 6. The van der Waals surface area contributed by atoms with Gasteiger partial charge in [-0.2, -0.15) is 26.3 Å². The predicted molar refractivity (Wildman–Crippen MR) is 119 cm³/mol. The van der Waals surface area contributed by atoms with Gasteiger partial charge in [0.15, 0.2) is 32.4 Å². The molecule has 0 aromatic carbocycles. The summed E-state index contributed by atoms with van der Waals surface area (Å²) in [5.74, 6) is 0.705. The zero-order chi connectivity index (χ0) is 28.4. The Hall–Kier alpha value is -1.31. The van der Waals surface area contributed by atoms with Gasteiger partial charge in [0.05, 0.1) is 0 Å². The first-order valence-electron chi connectivity index (χ1n) is 10.3. The van der Waals surface area contributed by atoms with Crippen molar-refractivity contribution in [2.75, 3.05) is 21.3 Å². The minimum absolute atomic E-state index is 0.705. The van der Waals surface area contributed by atoms with Crippen LogP contribution in [0.5, 0.6) is 0 Å². The Kier molecular flexibility index (Phi) is 13.5. The highest BCUT2D eigenvalue weighted by atomic mass is 32.3. The minimum atomic E-state index is -6.72. The molecule has 1 heterocycles. The number of halogens is 6. The van der Waals surface area contributed by atoms with Crippen LogP contribution in [0.2, 0.25) is 6.04 Å². The van der Waals surface area contributed by atoms with Gasteiger partial charge >= 0.3 is 19.8 Å². The molecule has 9 nitrogen and oxygen atoms in total. The molecule has 1 aromatic rings. The highest BCUT2D eigenvalue weighted by Crippen LogP contribution is 2.36. The van der Waals surface area contributed by atoms with Gasteiger partial charge in [-0.3, -0.25) is 0 Å². The maximum Gasteiger partial charge on any atom is 0.500 e. The Morgan fingerprint density at radius 1 is 0.861 bits per heavy atom. The lowest BCUT2D eigenvalue weighted by Gasteiger charge is -2.23. The van der Waals surface area contributed by atoms with Crippen molar-refractivity contribution in [3.05, 3.63) is 34.2 Å². The average molecular weight is 593 g/mol. The lowest BCUT2D eigenvalue weighted by molar-refractivity contribution is -0.697. The molecule has 0 aliphatic carbocycles. The lowest BCUT2D eigenvalue weighted by atomic mass is 10.0. The Morgan fingerprint density at radius 2 is 1.28 bits per heavy atom. The van der Waals surface area contributed by atoms with Crippen molar-refractivity contribution >= 4 is 28.9 Å². The van der Waals surface area contributed by atoms with Crippen molar-refractivity contribution in [3.8, 4) is 0 Å². The molecule has 36 heavy (non-hydrogen) atoms. The molecule has 0 spiro atoms. The van der Waals surface area contributed by atoms with Gasteiger partial charge < -0.3 is 17.4 Å². The summed E-state index contributed by atoms with van der Waals surface area (Å²) >= 11 is 0. The van der Waals surface area contributed by atoms with Crippen LogP contribution in [-0.2, 0) is 46.3 Å². The molecule has 0 amide bonds. The number of rotatable bonds is 12. The van der Waals surface area contributed by atoms with Crippen LogP contribution in [0.1, 0.15) is 32.3 Å². The molecule has 0 aliphatic rings. The van der Waals surface area contributed by atoms with Gasteiger partial charge in [-0.1, -0.05) is 13.8 Å². The zero-order valence-electron chi connectivity index (χ0n) is 20.3. The van der Waals surface area contributed by atoms with Gasteiger partial charge in [0, 0.05) is 45.9 Å². The van der Waals surface area contributed by atoms with Crippen LogP contribution in [0.15, 0.2) is 24.5 Å². The first kappa shape index (κ1) is 34.7. The molecule has 0 atom stereocenters. The molecule has 1 rings (SSSR count). The molecule has 212 valence electrons. The summed E-state index contributed by atoms with van der Waals surface area (Å²) in [6.45, 7) is 5.51. The Bertz CT molecular complexity index is 948. The maximum atomic E-state index is 11.4. The summed E-state index contributed by atoms with van der Waals surface area (Å²) in [7, 11) is -10.8. The van der Waals surface area contributed by atoms with Gasteiger partial charge in [-0.05, 0) is 24.3 Å². The monoisotopic (exact) mass is 592 g/mol. The summed E-state index contributed by atoms with van der Waals surface area (Å²) in [5, 5.41) is 0. The van der Waals surface area contributed by atoms with Crippen LogP contribution < -0.4 is 4.57 Å². The third kappa shape index (κ3) is 11.4. The molecule has 0 aliphatic heterocycles. The van der Waals surface area contributed by atoms with E-state index in [0.29, 0.717) is 5.92 Å². The van der Waals surface area contributed by atoms with E-state index in [0.717, 1.165) is 36.0 Å². The van der Waals surface area contributed by atoms with Gasteiger partial charge in [0.2, 0.25) is 0 Å². The fourth-order valence-electron chi connectivity index (χ4n) is 2.65. The standard InChI is InChI=1S/C16H30NO3Si.C2F6NO4S2/c1-15(2)14-16-8-11-17(12-9-16)10-6-7-13-21(18-3,19-4)20-5;3-1(4,5)14(10,11)9-15(12,13)2(6,7)8/h8-9,11-12,15H,6-7,10,13-14H2,1-5H3;/q+1;-1. The van der Waals surface area contributed by atoms with Gasteiger partial charge in [0.25, 0.3) is 0 Å². The minimum Gasteiger partial charge on any atom is -0.421 e. The second-order valence-corrected chi connectivity index (χ2v) is 14.2. The summed E-state index contributed by atoms with van der Waals surface area (Å²) < 4.78 is 128. The summed E-state index contributed by atoms with van der Waals surface area (Å²) in [6, 6.07) is 5.31. The summed E-state index contributed by atoms with van der Waals surface area (Å²) in [4.78, 5) is 0. The number of hydrogen-bond donors (Lipinski definition) is 0. The van der Waals surface area contributed by atoms with E-state index in [1.165, 1.54) is 5.56 Å². The normalized spacial score (nSPS) is 13.4. The van der Waals surface area contributed by atoms with E-state index < -0.39 is 39.9 Å². The van der Waals surface area contributed by atoms with Crippen LogP contribution in [0, 0.1) is 5.92 Å². The Morgan fingerprint density at radius 3 is 1.61 bits per heavy atom. The molecule has 1 aromatic heterocycles. The number of sulfonamides is 2. The molecule has 0 saturated carbocycles. The summed E-state index contributed by atoms with van der Waals surface area (Å²) in [6.07, 6.45) is 7.63. The first-order valence-corrected chi connectivity index (χ1v) is 15.1. The third-order valence-corrected chi connectivity index (χ3v) is 10.0. The Labute approximate surface area is 208 Å². The van der Waals surface area contributed by atoms with Gasteiger partial charge in [-0.15, -0.1) is 0 Å². The van der Waals surface area contributed by atoms with E-state index in [1.54, 1.807) is 21.3 Å². The van der Waals surface area contributed by atoms with E-state index in [2.05, 4.69) is 42.9 Å². The number of pyridine rings is 1. The van der Waals surface area contributed by atoms with Gasteiger partial charge in [0.1, 0.15) is 6.54 Å². The number of aromatic nitrogens is 1. The van der Waals surface area contributed by atoms with Crippen molar-refractivity contribution in [1.82, 2.24) is 0 Å². The number of nitrogens with zero attached hydrogens (tertiary/aromatic N) is 2. The topological polar surface area (TPSA) is 114 Å². The average Bonchev–Trinajstić information content (AvgIpc) is 2.73. The maximum absolute atomic E-state index is 11.4. The Balaban J connectivity index is 0.000000723. The molecule has 0 unspecified atom stereocenters. The van der Waals surface area contributed by atoms with E-state index >= 15 is 0 Å². The second kappa shape index (κ2) is 14.0. The third-order valence-electron chi connectivity index (χ3n) is 4.47. The fourth-order valence-corrected chi connectivity index (χ4v) is 6.16. The number of unbranched alkanes of at least 4 members (excludes halogenated alkanes) is 1. The SMILES string of the molecule is CO[Si](CCCC[n+]1ccc(CC(C)C)cc1)(OC)OC.O=S(=O)([N-]S(=O)(=O)C(F)(F)F)C(F)(F)F. The van der Waals surface area contributed by atoms with Crippen LogP contribution in [0.25, 0.3) is 4.13 Å². The van der Waals surface area contributed by atoms with Crippen LogP contribution in [0.3, 0.4) is 0 Å². The van der Waals surface area contributed by atoms with Crippen LogP contribution in [-0.4, -0.2) is 58.0 Å². The fraction of sp³-hybridized carbons (Fsp3) is 0.722. The molecular formula is C18H30F6N2O7S2Si. The molecule has 0 N–H and O–H groups in total. The smallest absolute Gasteiger partial charge is 0.421 e. The lowest BCUT2D eigenvalue weighted by Crippen LogP contribution is -2.42. The van der Waals surface area contributed by atoms with Crippen molar-refractivity contribution in [2.45, 2.75) is 56.7 Å². The second-order valence-electron chi connectivity index (χ2n) is 7.71. The van der Waals surface area contributed by atoms with E-state index in [9.17, 15) is 43.2 Å². The van der Waals surface area contributed by atoms with Crippen LogP contribution in [0.4, 0.5) is 26.3 Å². The van der Waals surface area contributed by atoms with E-state index in [1.807, 2.05) is 0 Å². The number of aryl methyl sites for hydroxylation is 1. The first-order chi connectivity index (χ1) is 16.3. The molecule has 0 fully saturated rings. The summed E-state index contributed by atoms with van der Waals surface area (Å²) in [5.41, 5.74) is -11.0. The van der Waals surface area contributed by atoms with Crippen LogP contribution >= 0.6 is 0 Å². The molecular weight excluding hydrogens is 562 g/mol. The quantitative estimate of drug-likeness (QED) is 0.157. The van der Waals surface area contributed by atoms with Crippen molar-refractivity contribution in [2.24, 2.45) is 5.92 Å². The predicted octanol–water partition coefficient (Wildman–Crippen LogP) is 3.89.